The molecule has 3 aromatic rings. The molecule has 144 valence electrons. The predicted molar refractivity (Wildman–Crippen MR) is 104 cm³/mol. The fraction of sp³-hybridized carbons (Fsp3) is 0.333. The van der Waals surface area contributed by atoms with Gasteiger partial charge in [-0.15, -0.1) is 0 Å². The average Bonchev–Trinajstić information content (AvgIpc) is 2.96. The molecule has 1 aromatic carbocycles. The van der Waals surface area contributed by atoms with Crippen LogP contribution in [0.15, 0.2) is 51.1 Å². The second-order valence-electron chi connectivity index (χ2n) is 6.35. The number of aromatic amines is 1. The summed E-state index contributed by atoms with van der Waals surface area (Å²) >= 11 is 0. The van der Waals surface area contributed by atoms with Crippen molar-refractivity contribution in [2.75, 3.05) is 25.4 Å². The molecule has 0 fully saturated rings. The highest BCUT2D eigenvalue weighted by molar-refractivity contribution is 7.92. The number of nitrogen functional groups attached to an aromatic ring is 1. The van der Waals surface area contributed by atoms with E-state index in [0.29, 0.717) is 6.54 Å². The van der Waals surface area contributed by atoms with Crippen LogP contribution >= 0.6 is 0 Å². The number of anilines is 1. The maximum atomic E-state index is 13.2. The predicted octanol–water partition coefficient (Wildman–Crippen LogP) is 0.0643. The van der Waals surface area contributed by atoms with Crippen molar-refractivity contribution in [2.45, 2.75) is 30.2 Å². The number of fused-ring (bicyclic) bond motifs is 1. The van der Waals surface area contributed by atoms with Gasteiger partial charge >= 0.3 is 0 Å². The number of aromatic nitrogens is 3. The zero-order chi connectivity index (χ0) is 19.6. The molecule has 0 aliphatic heterocycles. The third-order valence-corrected chi connectivity index (χ3v) is 6.74. The van der Waals surface area contributed by atoms with Crippen LogP contribution in [-0.4, -0.2) is 42.8 Å². The highest BCUT2D eigenvalue weighted by atomic mass is 32.2. The molecule has 2 aromatic heterocycles. The van der Waals surface area contributed by atoms with Crippen LogP contribution in [0, 0.1) is 0 Å². The molecule has 0 bridgehead atoms. The van der Waals surface area contributed by atoms with Gasteiger partial charge in [0.2, 0.25) is 9.84 Å². The molecule has 2 heterocycles. The van der Waals surface area contributed by atoms with Gasteiger partial charge in [-0.2, -0.15) is 5.10 Å². The van der Waals surface area contributed by atoms with Crippen molar-refractivity contribution < 1.29 is 13.3 Å². The standard InChI is InChI=1S/C18H23N5O3S/c1-3-22(4-2)10-11-23-15-14(12-20-21-18(15)24)16(17(23)19)27(25,26)13-8-6-5-7-9-13/h5-9,12H,3-4,10-11,19H2,1-2H3,(H,21,24)/p+1. The minimum absolute atomic E-state index is 0.0585. The van der Waals surface area contributed by atoms with Gasteiger partial charge < -0.3 is 15.2 Å². The van der Waals surface area contributed by atoms with Crippen molar-refractivity contribution in [2.24, 2.45) is 0 Å². The molecule has 9 heteroatoms. The van der Waals surface area contributed by atoms with E-state index in [1.165, 1.54) is 23.2 Å². The number of likely N-dealkylation sites (N-methyl/N-ethyl adjacent to an activating group) is 1. The lowest BCUT2D eigenvalue weighted by atomic mass is 10.3. The van der Waals surface area contributed by atoms with Gasteiger partial charge in [0.15, 0.2) is 0 Å². The number of benzene rings is 1. The topological polar surface area (TPSA) is 115 Å². The summed E-state index contributed by atoms with van der Waals surface area (Å²) in [5.74, 6) is 0.0684. The van der Waals surface area contributed by atoms with Crippen molar-refractivity contribution in [1.29, 1.82) is 0 Å². The molecule has 0 saturated carbocycles. The highest BCUT2D eigenvalue weighted by Gasteiger charge is 2.29. The van der Waals surface area contributed by atoms with E-state index in [2.05, 4.69) is 24.0 Å². The number of sulfone groups is 1. The Kier molecular flexibility index (Phi) is 5.33. The lowest BCUT2D eigenvalue weighted by molar-refractivity contribution is -0.897. The van der Waals surface area contributed by atoms with Crippen LogP contribution in [0.2, 0.25) is 0 Å². The summed E-state index contributed by atoms with van der Waals surface area (Å²) in [6.45, 7) is 7.20. The summed E-state index contributed by atoms with van der Waals surface area (Å²) in [6, 6.07) is 8.07. The quantitative estimate of drug-likeness (QED) is 0.528. The molecule has 3 rings (SSSR count). The molecule has 0 unspecified atom stereocenters. The van der Waals surface area contributed by atoms with E-state index < -0.39 is 15.4 Å². The maximum Gasteiger partial charge on any atom is 0.288 e. The van der Waals surface area contributed by atoms with Gasteiger partial charge in [-0.3, -0.25) is 4.79 Å². The fourth-order valence-electron chi connectivity index (χ4n) is 3.31. The molecule has 0 amide bonds. The van der Waals surface area contributed by atoms with Gasteiger partial charge in [-0.1, -0.05) is 18.2 Å². The molecule has 0 aliphatic carbocycles. The molecule has 8 nitrogen and oxygen atoms in total. The van der Waals surface area contributed by atoms with Crippen molar-refractivity contribution in [1.82, 2.24) is 14.8 Å². The number of nitrogens with zero attached hydrogens (tertiary/aromatic N) is 2. The number of rotatable bonds is 7. The van der Waals surface area contributed by atoms with Crippen molar-refractivity contribution in [3.8, 4) is 0 Å². The molecule has 0 atom stereocenters. The van der Waals surface area contributed by atoms with E-state index in [1.807, 2.05) is 0 Å². The number of nitrogens with two attached hydrogens (primary N) is 1. The molecule has 0 radical (unpaired) electrons. The van der Waals surface area contributed by atoms with Crippen molar-refractivity contribution in [3.05, 3.63) is 46.9 Å². The van der Waals surface area contributed by atoms with Gasteiger partial charge in [0.1, 0.15) is 16.2 Å². The summed E-state index contributed by atoms with van der Waals surface area (Å²) in [4.78, 5) is 13.8. The molecule has 0 spiro atoms. The van der Waals surface area contributed by atoms with Crippen molar-refractivity contribution >= 4 is 26.6 Å². The second kappa shape index (κ2) is 7.53. The number of hydrogen-bond donors (Lipinski definition) is 3. The van der Waals surface area contributed by atoms with E-state index in [9.17, 15) is 13.2 Å². The summed E-state index contributed by atoms with van der Waals surface area (Å²) in [5.41, 5.74) is 6.06. The van der Waals surface area contributed by atoms with Crippen LogP contribution in [0.1, 0.15) is 13.8 Å². The van der Waals surface area contributed by atoms with Gasteiger partial charge in [-0.05, 0) is 26.0 Å². The molecular weight excluding hydrogens is 366 g/mol. The Hall–Kier alpha value is -2.65. The van der Waals surface area contributed by atoms with E-state index in [-0.39, 0.29) is 26.5 Å². The average molecular weight is 390 g/mol. The van der Waals surface area contributed by atoms with Crippen LogP contribution in [0.5, 0.6) is 0 Å². The Morgan fingerprint density at radius 1 is 1.19 bits per heavy atom. The summed E-state index contributed by atoms with van der Waals surface area (Å²) in [7, 11) is -3.89. The fourth-order valence-corrected chi connectivity index (χ4v) is 4.89. The lowest BCUT2D eigenvalue weighted by Gasteiger charge is -2.16. The van der Waals surface area contributed by atoms with E-state index in [4.69, 9.17) is 5.73 Å². The summed E-state index contributed by atoms with van der Waals surface area (Å²) in [5, 5.41) is 6.41. The highest BCUT2D eigenvalue weighted by Crippen LogP contribution is 2.33. The summed E-state index contributed by atoms with van der Waals surface area (Å²) < 4.78 is 28.0. The third-order valence-electron chi connectivity index (χ3n) is 4.88. The number of quaternary nitrogens is 1. The molecule has 0 saturated heterocycles. The van der Waals surface area contributed by atoms with E-state index in [1.54, 1.807) is 22.8 Å². The lowest BCUT2D eigenvalue weighted by Crippen LogP contribution is -3.11. The number of hydrogen-bond acceptors (Lipinski definition) is 5. The number of nitrogens with one attached hydrogen (secondary N) is 2. The van der Waals surface area contributed by atoms with Crippen LogP contribution in [0.3, 0.4) is 0 Å². The van der Waals surface area contributed by atoms with Gasteiger partial charge in [-0.25, -0.2) is 13.5 Å². The Morgan fingerprint density at radius 2 is 1.85 bits per heavy atom. The van der Waals surface area contributed by atoms with Crippen LogP contribution in [0.4, 0.5) is 5.82 Å². The summed E-state index contributed by atoms with van der Waals surface area (Å²) in [6.07, 6.45) is 1.35. The Balaban J connectivity index is 2.22. The molecule has 0 aliphatic rings. The van der Waals surface area contributed by atoms with E-state index in [0.717, 1.165) is 19.6 Å². The van der Waals surface area contributed by atoms with Gasteiger partial charge in [0, 0.05) is 5.39 Å². The zero-order valence-electron chi connectivity index (χ0n) is 15.4. The largest absolute Gasteiger partial charge is 0.384 e. The minimum Gasteiger partial charge on any atom is -0.384 e. The first-order valence-electron chi connectivity index (χ1n) is 8.90. The van der Waals surface area contributed by atoms with Crippen LogP contribution in [-0.2, 0) is 16.4 Å². The minimum atomic E-state index is -3.89. The van der Waals surface area contributed by atoms with Crippen molar-refractivity contribution in [3.63, 3.8) is 0 Å². The van der Waals surface area contributed by atoms with Gasteiger partial charge in [0.25, 0.3) is 5.56 Å². The molecule has 27 heavy (non-hydrogen) atoms. The first-order chi connectivity index (χ1) is 12.9. The van der Waals surface area contributed by atoms with Crippen LogP contribution < -0.4 is 16.2 Å². The molecule has 4 N–H and O–H groups in total. The first-order valence-corrected chi connectivity index (χ1v) is 10.4. The Labute approximate surface area is 157 Å². The first kappa shape index (κ1) is 19.1. The third kappa shape index (κ3) is 3.35. The monoisotopic (exact) mass is 390 g/mol. The molecular formula is C18H24N5O3S+. The Morgan fingerprint density at radius 3 is 2.48 bits per heavy atom. The maximum absolute atomic E-state index is 13.2. The number of H-pyrrole nitrogens is 1. The van der Waals surface area contributed by atoms with E-state index >= 15 is 0 Å². The zero-order valence-corrected chi connectivity index (χ0v) is 16.2. The normalized spacial score (nSPS) is 12.1. The van der Waals surface area contributed by atoms with Crippen LogP contribution in [0.25, 0.3) is 10.9 Å². The Bertz CT molecular complexity index is 1100. The van der Waals surface area contributed by atoms with Gasteiger partial charge in [0.05, 0.1) is 37.3 Å². The second-order valence-corrected chi connectivity index (χ2v) is 8.24. The smallest absolute Gasteiger partial charge is 0.288 e. The SMILES string of the molecule is CC[NH+](CC)CCn1c(N)c(S(=O)(=O)c2ccccc2)c2cn[nH]c(=O)c21.